The van der Waals surface area contributed by atoms with Crippen molar-refractivity contribution in [2.24, 2.45) is 0 Å². The zero-order valence-electron chi connectivity index (χ0n) is 8.44. The third-order valence-electron chi connectivity index (χ3n) is 2.12. The van der Waals surface area contributed by atoms with Crippen LogP contribution in [0.4, 0.5) is 5.69 Å². The molecule has 0 amide bonds. The van der Waals surface area contributed by atoms with Gasteiger partial charge in [0.1, 0.15) is 0 Å². The summed E-state index contributed by atoms with van der Waals surface area (Å²) in [7, 11) is 0. The Kier molecular flexibility index (Phi) is 4.78. The second-order valence-electron chi connectivity index (χ2n) is 3.29. The maximum absolute atomic E-state index is 6.13. The molecule has 1 aromatic heterocycles. The van der Waals surface area contributed by atoms with Gasteiger partial charge in [0.25, 0.3) is 0 Å². The summed E-state index contributed by atoms with van der Waals surface area (Å²) in [5.74, 6) is 0. The number of thiophene rings is 1. The van der Waals surface area contributed by atoms with E-state index >= 15 is 0 Å². The van der Waals surface area contributed by atoms with Crippen LogP contribution in [-0.4, -0.2) is 0 Å². The zero-order valence-corrected chi connectivity index (χ0v) is 13.9. The highest BCUT2D eigenvalue weighted by molar-refractivity contribution is 9.10. The van der Waals surface area contributed by atoms with Gasteiger partial charge in [-0.1, -0.05) is 39.1 Å². The predicted molar refractivity (Wildman–Crippen MR) is 83.5 cm³/mol. The Hall–Kier alpha value is 0.260. The molecule has 0 saturated heterocycles. The van der Waals surface area contributed by atoms with Crippen molar-refractivity contribution in [3.05, 3.63) is 47.4 Å². The van der Waals surface area contributed by atoms with Crippen molar-refractivity contribution in [1.29, 1.82) is 0 Å². The molecular formula is C11H7Br2Cl2NS. The van der Waals surface area contributed by atoms with Crippen LogP contribution in [0.3, 0.4) is 0 Å². The normalized spacial score (nSPS) is 10.6. The molecule has 1 nitrogen and oxygen atoms in total. The zero-order chi connectivity index (χ0) is 12.4. The van der Waals surface area contributed by atoms with Crippen molar-refractivity contribution in [2.75, 3.05) is 5.32 Å². The van der Waals surface area contributed by atoms with Crippen molar-refractivity contribution in [3.63, 3.8) is 0 Å². The van der Waals surface area contributed by atoms with Gasteiger partial charge in [-0.3, -0.25) is 0 Å². The minimum Gasteiger partial charge on any atom is -0.378 e. The highest BCUT2D eigenvalue weighted by atomic mass is 79.9. The summed E-state index contributed by atoms with van der Waals surface area (Å²) in [6, 6.07) is 5.66. The SMILES string of the molecule is Clc1cc(Br)cc(Cl)c1NCc1sccc1Br. The number of nitrogens with one attached hydrogen (secondary N) is 1. The van der Waals surface area contributed by atoms with Crippen molar-refractivity contribution in [2.45, 2.75) is 6.54 Å². The molecule has 2 aromatic rings. The summed E-state index contributed by atoms with van der Waals surface area (Å²) in [6.45, 7) is 0.694. The van der Waals surface area contributed by atoms with E-state index in [4.69, 9.17) is 23.2 Å². The first-order chi connectivity index (χ1) is 8.08. The van der Waals surface area contributed by atoms with E-state index in [0.29, 0.717) is 16.6 Å². The van der Waals surface area contributed by atoms with E-state index in [1.54, 1.807) is 11.3 Å². The molecule has 6 heteroatoms. The van der Waals surface area contributed by atoms with Crippen LogP contribution in [0.15, 0.2) is 32.5 Å². The van der Waals surface area contributed by atoms with E-state index < -0.39 is 0 Å². The number of hydrogen-bond donors (Lipinski definition) is 1. The van der Waals surface area contributed by atoms with Crippen LogP contribution in [0.5, 0.6) is 0 Å². The number of halogens is 4. The van der Waals surface area contributed by atoms with Gasteiger partial charge in [-0.2, -0.15) is 0 Å². The van der Waals surface area contributed by atoms with Gasteiger partial charge >= 0.3 is 0 Å². The highest BCUT2D eigenvalue weighted by Crippen LogP contribution is 2.34. The van der Waals surface area contributed by atoms with Crippen molar-refractivity contribution in [1.82, 2.24) is 0 Å². The van der Waals surface area contributed by atoms with Gasteiger partial charge in [0.05, 0.1) is 22.3 Å². The van der Waals surface area contributed by atoms with E-state index in [1.165, 1.54) is 4.88 Å². The van der Waals surface area contributed by atoms with Gasteiger partial charge in [0, 0.05) is 13.8 Å². The van der Waals surface area contributed by atoms with E-state index in [0.717, 1.165) is 14.6 Å². The molecule has 90 valence electrons. The molecule has 0 aliphatic carbocycles. The molecule has 1 heterocycles. The first kappa shape index (κ1) is 13.7. The van der Waals surface area contributed by atoms with Gasteiger partial charge in [-0.15, -0.1) is 11.3 Å². The van der Waals surface area contributed by atoms with Gasteiger partial charge in [0.15, 0.2) is 0 Å². The third kappa shape index (κ3) is 3.38. The molecule has 0 spiro atoms. The average Bonchev–Trinajstić information content (AvgIpc) is 2.62. The fourth-order valence-electron chi connectivity index (χ4n) is 1.33. The van der Waals surface area contributed by atoms with Crippen molar-refractivity contribution in [3.8, 4) is 0 Å². The Morgan fingerprint density at radius 2 is 1.82 bits per heavy atom. The molecule has 2 rings (SSSR count). The lowest BCUT2D eigenvalue weighted by Gasteiger charge is -2.10. The largest absolute Gasteiger partial charge is 0.378 e. The Labute approximate surface area is 130 Å². The average molecular weight is 416 g/mol. The Morgan fingerprint density at radius 3 is 2.35 bits per heavy atom. The van der Waals surface area contributed by atoms with E-state index in [1.807, 2.05) is 23.6 Å². The summed E-state index contributed by atoms with van der Waals surface area (Å²) in [5, 5.41) is 6.50. The molecule has 1 N–H and O–H groups in total. The van der Waals surface area contributed by atoms with Crippen molar-refractivity contribution < 1.29 is 0 Å². The summed E-state index contributed by atoms with van der Waals surface area (Å²) < 4.78 is 1.97. The first-order valence-corrected chi connectivity index (χ1v) is 7.90. The number of benzene rings is 1. The standard InChI is InChI=1S/C11H7Br2Cl2NS/c12-6-3-8(14)11(9(15)4-6)16-5-10-7(13)1-2-17-10/h1-4,16H,5H2. The number of hydrogen-bond acceptors (Lipinski definition) is 2. The van der Waals surface area contributed by atoms with Crippen LogP contribution in [0.1, 0.15) is 4.88 Å². The van der Waals surface area contributed by atoms with Crippen molar-refractivity contribution >= 4 is 72.1 Å². The Bertz CT molecular complexity index is 519. The van der Waals surface area contributed by atoms with Crippen LogP contribution in [0.25, 0.3) is 0 Å². The van der Waals surface area contributed by atoms with E-state index in [9.17, 15) is 0 Å². The summed E-state index contributed by atoms with van der Waals surface area (Å²) in [4.78, 5) is 1.21. The molecule has 0 bridgehead atoms. The van der Waals surface area contributed by atoms with E-state index in [2.05, 4.69) is 37.2 Å². The first-order valence-electron chi connectivity index (χ1n) is 4.68. The smallest absolute Gasteiger partial charge is 0.0722 e. The number of rotatable bonds is 3. The Balaban J connectivity index is 2.17. The molecule has 0 aliphatic rings. The van der Waals surface area contributed by atoms with Gasteiger partial charge in [0.2, 0.25) is 0 Å². The molecule has 0 unspecified atom stereocenters. The lowest BCUT2D eigenvalue weighted by molar-refractivity contribution is 1.18. The predicted octanol–water partition coefficient (Wildman–Crippen LogP) is 6.19. The number of anilines is 1. The molecule has 0 radical (unpaired) electrons. The van der Waals surface area contributed by atoms with Crippen LogP contribution in [-0.2, 0) is 6.54 Å². The monoisotopic (exact) mass is 413 g/mol. The van der Waals surface area contributed by atoms with Gasteiger partial charge in [-0.05, 0) is 39.5 Å². The van der Waals surface area contributed by atoms with Gasteiger partial charge < -0.3 is 5.32 Å². The Morgan fingerprint density at radius 1 is 1.18 bits per heavy atom. The minimum absolute atomic E-state index is 0.608. The van der Waals surface area contributed by atoms with E-state index in [-0.39, 0.29) is 0 Å². The van der Waals surface area contributed by atoms with Crippen LogP contribution in [0.2, 0.25) is 10.0 Å². The maximum Gasteiger partial charge on any atom is 0.0722 e. The molecular weight excluding hydrogens is 409 g/mol. The maximum atomic E-state index is 6.13. The summed E-state index contributed by atoms with van der Waals surface area (Å²) in [6.07, 6.45) is 0. The fourth-order valence-corrected chi connectivity index (χ4v) is 4.11. The molecule has 0 fully saturated rings. The highest BCUT2D eigenvalue weighted by Gasteiger charge is 2.08. The quantitative estimate of drug-likeness (QED) is 0.630. The molecule has 0 aliphatic heterocycles. The van der Waals surface area contributed by atoms with Crippen LogP contribution >= 0.6 is 66.4 Å². The fraction of sp³-hybridized carbons (Fsp3) is 0.0909. The third-order valence-corrected chi connectivity index (χ3v) is 5.10. The van der Waals surface area contributed by atoms with Crippen LogP contribution < -0.4 is 5.32 Å². The topological polar surface area (TPSA) is 12.0 Å². The minimum atomic E-state index is 0.608. The molecule has 0 atom stereocenters. The lowest BCUT2D eigenvalue weighted by Crippen LogP contribution is -1.99. The van der Waals surface area contributed by atoms with Crippen LogP contribution in [0, 0.1) is 0 Å². The lowest BCUT2D eigenvalue weighted by atomic mass is 10.3. The summed E-state index contributed by atoms with van der Waals surface area (Å²) >= 11 is 20.8. The molecule has 1 aromatic carbocycles. The molecule has 0 saturated carbocycles. The van der Waals surface area contributed by atoms with Gasteiger partial charge in [-0.25, -0.2) is 0 Å². The second-order valence-corrected chi connectivity index (χ2v) is 6.87. The molecule has 17 heavy (non-hydrogen) atoms. The second kappa shape index (κ2) is 5.93. The summed E-state index contributed by atoms with van der Waals surface area (Å²) in [5.41, 5.74) is 0.761.